The maximum Gasteiger partial charge on any atom is 0.188 e. The lowest BCUT2D eigenvalue weighted by Gasteiger charge is -2.17. The molecule has 21 heavy (non-hydrogen) atoms. The van der Waals surface area contributed by atoms with Crippen molar-refractivity contribution in [2.24, 2.45) is 4.99 Å². The number of ketones is 1. The van der Waals surface area contributed by atoms with Gasteiger partial charge in [0.25, 0.3) is 0 Å². The highest BCUT2D eigenvalue weighted by Gasteiger charge is 2.25. The molecule has 2 aromatic rings. The van der Waals surface area contributed by atoms with Crippen molar-refractivity contribution in [2.75, 3.05) is 5.73 Å². The molecule has 0 bridgehead atoms. The van der Waals surface area contributed by atoms with Gasteiger partial charge in [-0.15, -0.1) is 0 Å². The van der Waals surface area contributed by atoms with Crippen molar-refractivity contribution in [3.05, 3.63) is 78.0 Å². The lowest BCUT2D eigenvalue weighted by molar-refractivity contribution is -0.113. The summed E-state index contributed by atoms with van der Waals surface area (Å²) in [5, 5.41) is 0. The quantitative estimate of drug-likeness (QED) is 0.876. The van der Waals surface area contributed by atoms with Crippen molar-refractivity contribution < 1.29 is 4.79 Å². The van der Waals surface area contributed by atoms with Crippen LogP contribution in [0.5, 0.6) is 0 Å². The van der Waals surface area contributed by atoms with Crippen molar-refractivity contribution in [1.29, 1.82) is 0 Å². The second-order valence-corrected chi connectivity index (χ2v) is 5.09. The second-order valence-electron chi connectivity index (χ2n) is 5.09. The summed E-state index contributed by atoms with van der Waals surface area (Å²) in [5.74, 6) is -0.239. The highest BCUT2D eigenvalue weighted by atomic mass is 16.1. The zero-order chi connectivity index (χ0) is 14.7. The van der Waals surface area contributed by atoms with Crippen LogP contribution >= 0.6 is 0 Å². The lowest BCUT2D eigenvalue weighted by atomic mass is 9.88. The first-order chi connectivity index (χ1) is 10.2. The fourth-order valence-electron chi connectivity index (χ4n) is 2.49. The number of nitrogens with zero attached hydrogens (tertiary/aromatic N) is 1. The molecule has 1 unspecified atom stereocenters. The maximum absolute atomic E-state index is 12.6. The summed E-state index contributed by atoms with van der Waals surface area (Å²) in [7, 11) is 0. The number of aliphatic imine (C=N–C) groups is 1. The van der Waals surface area contributed by atoms with E-state index in [1.807, 2.05) is 60.7 Å². The molecule has 0 aromatic heterocycles. The largest absolute Gasteiger partial charge is 0.399 e. The van der Waals surface area contributed by atoms with Crippen LogP contribution in [0.15, 0.2) is 71.9 Å². The Bertz CT molecular complexity index is 717. The molecule has 104 valence electrons. The van der Waals surface area contributed by atoms with Crippen molar-refractivity contribution in [3.63, 3.8) is 0 Å². The molecule has 1 aliphatic rings. The summed E-state index contributed by atoms with van der Waals surface area (Å²) >= 11 is 0. The Labute approximate surface area is 123 Å². The van der Waals surface area contributed by atoms with Crippen LogP contribution in [0.1, 0.15) is 17.0 Å². The van der Waals surface area contributed by atoms with E-state index >= 15 is 0 Å². The van der Waals surface area contributed by atoms with Crippen LogP contribution in [0.25, 0.3) is 0 Å². The van der Waals surface area contributed by atoms with Crippen molar-refractivity contribution in [3.8, 4) is 0 Å². The molecular formula is C18H16N2O. The molecular weight excluding hydrogens is 260 g/mol. The Morgan fingerprint density at radius 3 is 2.62 bits per heavy atom. The van der Waals surface area contributed by atoms with Gasteiger partial charge in [-0.05, 0) is 23.3 Å². The molecule has 0 saturated carbocycles. The topological polar surface area (TPSA) is 55.4 Å². The average molecular weight is 276 g/mol. The van der Waals surface area contributed by atoms with Gasteiger partial charge in [-0.3, -0.25) is 9.79 Å². The molecule has 0 saturated heterocycles. The fourth-order valence-corrected chi connectivity index (χ4v) is 2.49. The van der Waals surface area contributed by atoms with Gasteiger partial charge in [0.1, 0.15) is 0 Å². The predicted octanol–water partition coefficient (Wildman–Crippen LogP) is 3.13. The maximum atomic E-state index is 12.6. The summed E-state index contributed by atoms with van der Waals surface area (Å²) < 4.78 is 0. The number of carbonyl (C=O) groups excluding carboxylic acids is 1. The molecule has 0 aliphatic carbocycles. The number of hydrogen-bond donors (Lipinski definition) is 1. The van der Waals surface area contributed by atoms with Crippen LogP contribution in [0.3, 0.4) is 0 Å². The Kier molecular flexibility index (Phi) is 3.65. The first-order valence-electron chi connectivity index (χ1n) is 6.91. The summed E-state index contributed by atoms with van der Waals surface area (Å²) in [4.78, 5) is 16.9. The van der Waals surface area contributed by atoms with Gasteiger partial charge in [-0.1, -0.05) is 48.5 Å². The Hall–Kier alpha value is -2.68. The minimum atomic E-state index is -0.287. The van der Waals surface area contributed by atoms with Gasteiger partial charge < -0.3 is 5.73 Å². The van der Waals surface area contributed by atoms with Crippen molar-refractivity contribution >= 4 is 17.2 Å². The van der Waals surface area contributed by atoms with Crippen LogP contribution in [0.2, 0.25) is 0 Å². The van der Waals surface area contributed by atoms with E-state index in [1.54, 1.807) is 6.20 Å². The zero-order valence-corrected chi connectivity index (χ0v) is 11.6. The van der Waals surface area contributed by atoms with Crippen LogP contribution in [-0.4, -0.2) is 11.5 Å². The van der Waals surface area contributed by atoms with E-state index in [0.717, 1.165) is 11.1 Å². The van der Waals surface area contributed by atoms with E-state index in [4.69, 9.17) is 5.73 Å². The molecule has 3 nitrogen and oxygen atoms in total. The number of nitrogen functional groups attached to an aromatic ring is 1. The Balaban J connectivity index is 1.84. The highest BCUT2D eigenvalue weighted by Crippen LogP contribution is 2.24. The van der Waals surface area contributed by atoms with Gasteiger partial charge >= 0.3 is 0 Å². The van der Waals surface area contributed by atoms with Crippen LogP contribution < -0.4 is 5.73 Å². The average Bonchev–Trinajstić information content (AvgIpc) is 2.50. The molecule has 1 atom stereocenters. The molecule has 1 aliphatic heterocycles. The molecule has 0 spiro atoms. The number of Topliss-reactive ketones (excluding diaryl/α,β-unsaturated/α-hetero) is 1. The number of rotatable bonds is 3. The zero-order valence-electron chi connectivity index (χ0n) is 11.6. The number of hydrogen-bond acceptors (Lipinski definition) is 3. The smallest absolute Gasteiger partial charge is 0.188 e. The third-order valence-corrected chi connectivity index (χ3v) is 3.56. The van der Waals surface area contributed by atoms with Gasteiger partial charge in [0.2, 0.25) is 0 Å². The summed E-state index contributed by atoms with van der Waals surface area (Å²) in [5.41, 5.74) is 9.07. The van der Waals surface area contributed by atoms with Crippen LogP contribution in [0.4, 0.5) is 5.69 Å². The van der Waals surface area contributed by atoms with Gasteiger partial charge in [0, 0.05) is 18.3 Å². The first kappa shape index (κ1) is 13.3. The summed E-state index contributed by atoms with van der Waals surface area (Å²) in [6.45, 7) is 0. The Morgan fingerprint density at radius 2 is 1.86 bits per heavy atom. The Morgan fingerprint density at radius 1 is 1.05 bits per heavy atom. The summed E-state index contributed by atoms with van der Waals surface area (Å²) in [6.07, 6.45) is 4.10. The van der Waals surface area contributed by atoms with Gasteiger partial charge in [-0.25, -0.2) is 0 Å². The number of allylic oxidation sites excluding steroid dienone is 1. The molecule has 1 heterocycles. The molecule has 0 radical (unpaired) electrons. The normalized spacial score (nSPS) is 17.6. The van der Waals surface area contributed by atoms with Gasteiger partial charge in [-0.2, -0.15) is 0 Å². The van der Waals surface area contributed by atoms with E-state index in [-0.39, 0.29) is 11.7 Å². The van der Waals surface area contributed by atoms with E-state index in [9.17, 15) is 4.79 Å². The van der Waals surface area contributed by atoms with E-state index < -0.39 is 0 Å². The fraction of sp³-hybridized carbons (Fsp3) is 0.111. The first-order valence-corrected chi connectivity index (χ1v) is 6.91. The van der Waals surface area contributed by atoms with E-state index in [0.29, 0.717) is 17.8 Å². The SMILES string of the molecule is Nc1cccc(C2C=CN=C(Cc3ccccc3)C2=O)c1. The van der Waals surface area contributed by atoms with Gasteiger partial charge in [0.15, 0.2) is 5.78 Å². The van der Waals surface area contributed by atoms with E-state index in [2.05, 4.69) is 4.99 Å². The summed E-state index contributed by atoms with van der Waals surface area (Å²) in [6, 6.07) is 17.4. The molecule has 3 heteroatoms. The minimum Gasteiger partial charge on any atom is -0.399 e. The number of benzene rings is 2. The van der Waals surface area contributed by atoms with E-state index in [1.165, 1.54) is 0 Å². The van der Waals surface area contributed by atoms with Crippen LogP contribution in [-0.2, 0) is 11.2 Å². The second kappa shape index (κ2) is 5.75. The third kappa shape index (κ3) is 2.92. The standard InChI is InChI=1S/C18H16N2O/c19-15-8-4-7-14(12-15)16-9-10-20-17(18(16)21)11-13-5-2-1-3-6-13/h1-10,12,16H,11,19H2. The number of nitrogens with two attached hydrogens (primary N) is 1. The minimum absolute atomic E-state index is 0.0481. The molecule has 2 aromatic carbocycles. The highest BCUT2D eigenvalue weighted by molar-refractivity contribution is 6.43. The lowest BCUT2D eigenvalue weighted by Crippen LogP contribution is -2.25. The molecule has 3 rings (SSSR count). The molecule has 0 fully saturated rings. The monoisotopic (exact) mass is 276 g/mol. The number of anilines is 1. The molecule has 0 amide bonds. The number of carbonyl (C=O) groups is 1. The van der Waals surface area contributed by atoms with Crippen molar-refractivity contribution in [2.45, 2.75) is 12.3 Å². The van der Waals surface area contributed by atoms with Crippen molar-refractivity contribution in [1.82, 2.24) is 0 Å². The van der Waals surface area contributed by atoms with Gasteiger partial charge in [0.05, 0.1) is 11.6 Å². The van der Waals surface area contributed by atoms with Crippen LogP contribution in [0, 0.1) is 0 Å². The third-order valence-electron chi connectivity index (χ3n) is 3.56. The molecule has 2 N–H and O–H groups in total. The predicted molar refractivity (Wildman–Crippen MR) is 85.3 cm³/mol.